The summed E-state index contributed by atoms with van der Waals surface area (Å²) in [5, 5.41) is 8.94. The van der Waals surface area contributed by atoms with Crippen molar-refractivity contribution in [2.24, 2.45) is 16.1 Å². The first-order valence-electron chi connectivity index (χ1n) is 10.3. The summed E-state index contributed by atoms with van der Waals surface area (Å²) in [6.07, 6.45) is 5.80. The Hall–Kier alpha value is -3.21. The molecule has 0 radical (unpaired) electrons. The number of aldehydes is 1. The highest BCUT2D eigenvalue weighted by molar-refractivity contribution is 7.96. The second-order valence-electron chi connectivity index (χ2n) is 7.98. The first-order chi connectivity index (χ1) is 15.5. The van der Waals surface area contributed by atoms with Crippen molar-refractivity contribution in [3.05, 3.63) is 88.9 Å². The summed E-state index contributed by atoms with van der Waals surface area (Å²) in [6.45, 7) is 1.43. The molecule has 2 aliphatic rings. The summed E-state index contributed by atoms with van der Waals surface area (Å²) in [7, 11) is 0. The van der Waals surface area contributed by atoms with Crippen LogP contribution in [0.1, 0.15) is 24.0 Å². The molecule has 162 valence electrons. The Morgan fingerprint density at radius 3 is 2.62 bits per heavy atom. The number of nitriles is 1. The van der Waals surface area contributed by atoms with Crippen LogP contribution in [0.4, 0.5) is 10.1 Å². The van der Waals surface area contributed by atoms with E-state index in [2.05, 4.69) is 15.4 Å². The van der Waals surface area contributed by atoms with E-state index in [0.717, 1.165) is 47.4 Å². The number of carbonyl (C=O) groups is 1. The third-order valence-corrected chi connectivity index (χ3v) is 7.01. The number of rotatable bonds is 5. The Morgan fingerprint density at radius 1 is 1.22 bits per heavy atom. The van der Waals surface area contributed by atoms with E-state index in [1.54, 1.807) is 24.1 Å². The summed E-state index contributed by atoms with van der Waals surface area (Å²) < 4.78 is 15.5. The Morgan fingerprint density at radius 2 is 1.97 bits per heavy atom. The molecule has 0 aromatic heterocycles. The molecule has 2 N–H and O–H groups in total. The molecule has 2 aromatic rings. The summed E-state index contributed by atoms with van der Waals surface area (Å²) in [4.78, 5) is 17.0. The van der Waals surface area contributed by atoms with Gasteiger partial charge in [-0.25, -0.2) is 13.7 Å². The van der Waals surface area contributed by atoms with E-state index in [1.807, 2.05) is 30.3 Å². The van der Waals surface area contributed by atoms with Crippen LogP contribution < -0.4 is 5.73 Å². The molecule has 32 heavy (non-hydrogen) atoms. The van der Waals surface area contributed by atoms with Gasteiger partial charge in [0.2, 0.25) is 0 Å². The van der Waals surface area contributed by atoms with E-state index in [4.69, 9.17) is 11.0 Å². The van der Waals surface area contributed by atoms with Gasteiger partial charge >= 0.3 is 0 Å². The predicted octanol–water partition coefficient (Wildman–Crippen LogP) is 4.68. The minimum Gasteiger partial charge on any atom is -0.404 e. The van der Waals surface area contributed by atoms with Crippen LogP contribution in [0.3, 0.4) is 0 Å². The van der Waals surface area contributed by atoms with Crippen LogP contribution in [-0.4, -0.2) is 29.4 Å². The Kier molecular flexibility index (Phi) is 6.54. The first kappa shape index (κ1) is 22.0. The van der Waals surface area contributed by atoms with Gasteiger partial charge in [-0.15, -0.1) is 0 Å². The summed E-state index contributed by atoms with van der Waals surface area (Å²) in [6, 6.07) is 15.7. The third kappa shape index (κ3) is 4.67. The van der Waals surface area contributed by atoms with Crippen LogP contribution in [0.15, 0.2) is 76.9 Å². The Bertz CT molecular complexity index is 1130. The predicted molar refractivity (Wildman–Crippen MR) is 126 cm³/mol. The number of allylic oxidation sites excluding steroid dienone is 2. The average molecular weight is 447 g/mol. The number of nitrogens with two attached hydrogens (primary N) is 1. The van der Waals surface area contributed by atoms with E-state index < -0.39 is 5.41 Å². The summed E-state index contributed by atoms with van der Waals surface area (Å²) in [5.74, 6) is 0.465. The molecule has 7 heteroatoms. The van der Waals surface area contributed by atoms with Gasteiger partial charge in [0.05, 0.1) is 28.4 Å². The maximum atomic E-state index is 13.2. The minimum atomic E-state index is -0.622. The lowest BCUT2D eigenvalue weighted by atomic mass is 9.68. The molecule has 2 aromatic carbocycles. The van der Waals surface area contributed by atoms with Crippen molar-refractivity contribution in [3.8, 4) is 6.07 Å². The number of carbonyl (C=O) groups excluding carboxylic acids is 1. The van der Waals surface area contributed by atoms with Crippen molar-refractivity contribution in [2.45, 2.75) is 18.6 Å². The molecule has 0 bridgehead atoms. The Labute approximate surface area is 191 Å². The number of piperidine rings is 1. The fourth-order valence-corrected chi connectivity index (χ4v) is 5.14. The van der Waals surface area contributed by atoms with Gasteiger partial charge in [0, 0.05) is 18.8 Å². The van der Waals surface area contributed by atoms with Gasteiger partial charge in [-0.3, -0.25) is 0 Å². The second-order valence-corrected chi connectivity index (χ2v) is 9.04. The molecule has 0 amide bonds. The van der Waals surface area contributed by atoms with Crippen molar-refractivity contribution in [3.63, 3.8) is 0 Å². The third-order valence-electron chi connectivity index (χ3n) is 5.87. The normalized spacial score (nSPS) is 23.4. The number of fused-ring (bicyclic) bond motifs is 1. The van der Waals surface area contributed by atoms with E-state index in [9.17, 15) is 9.18 Å². The van der Waals surface area contributed by atoms with Crippen molar-refractivity contribution < 1.29 is 9.18 Å². The molecule has 0 saturated carbocycles. The minimum absolute atomic E-state index is 0.309. The van der Waals surface area contributed by atoms with Crippen molar-refractivity contribution in [1.29, 1.82) is 5.26 Å². The zero-order valence-electron chi connectivity index (χ0n) is 17.5. The Balaban J connectivity index is 1.52. The van der Waals surface area contributed by atoms with Crippen molar-refractivity contribution >= 4 is 29.6 Å². The molecular formula is C25H23FN4OS. The molecule has 0 spiro atoms. The van der Waals surface area contributed by atoms with Gasteiger partial charge in [0.1, 0.15) is 12.1 Å². The fraction of sp³-hybridized carbons (Fsp3) is 0.240. The molecule has 1 heterocycles. The smallest absolute Gasteiger partial charge is 0.131 e. The standard InChI is InChI=1S/C25H23FN4OS/c26-22-5-7-23(8-6-22)29-24-11-21-9-10-30(16-25(21,17-31)12-20(24)14-28)32-15-19-3-1-18(13-27)2-4-19/h1-8,11,14,17H,9-10,12,15-16,28H2. The second kappa shape index (κ2) is 9.51. The molecule has 1 aliphatic heterocycles. The van der Waals surface area contributed by atoms with Gasteiger partial charge in [-0.2, -0.15) is 5.26 Å². The zero-order chi connectivity index (χ0) is 22.6. The highest BCUT2D eigenvalue weighted by Gasteiger charge is 2.43. The highest BCUT2D eigenvalue weighted by Crippen LogP contribution is 2.44. The van der Waals surface area contributed by atoms with Gasteiger partial charge in [-0.05, 0) is 72.7 Å². The molecule has 1 atom stereocenters. The monoisotopic (exact) mass is 446 g/mol. The zero-order valence-corrected chi connectivity index (χ0v) is 18.3. The molecule has 5 nitrogen and oxygen atoms in total. The molecule has 1 fully saturated rings. The van der Waals surface area contributed by atoms with Crippen molar-refractivity contribution in [2.75, 3.05) is 13.1 Å². The number of hydrogen-bond acceptors (Lipinski definition) is 6. The van der Waals surface area contributed by atoms with Crippen LogP contribution >= 0.6 is 11.9 Å². The van der Waals surface area contributed by atoms with Crippen LogP contribution in [0.25, 0.3) is 0 Å². The highest BCUT2D eigenvalue weighted by atomic mass is 32.2. The van der Waals surface area contributed by atoms with Crippen molar-refractivity contribution in [1.82, 2.24) is 4.31 Å². The number of benzene rings is 2. The van der Waals surface area contributed by atoms with Gasteiger partial charge in [0.25, 0.3) is 0 Å². The lowest BCUT2D eigenvalue weighted by Gasteiger charge is -2.43. The molecule has 1 aliphatic carbocycles. The van der Waals surface area contributed by atoms with E-state index in [0.29, 0.717) is 24.2 Å². The summed E-state index contributed by atoms with van der Waals surface area (Å²) >= 11 is 1.70. The molecule has 1 unspecified atom stereocenters. The number of nitrogens with zero attached hydrogens (tertiary/aromatic N) is 3. The number of hydrogen-bond donors (Lipinski definition) is 1. The quantitative estimate of drug-likeness (QED) is 0.533. The topological polar surface area (TPSA) is 82.5 Å². The molecule has 1 saturated heterocycles. The maximum absolute atomic E-state index is 13.2. The average Bonchev–Trinajstić information content (AvgIpc) is 2.84. The van der Waals surface area contributed by atoms with E-state index >= 15 is 0 Å². The van der Waals surface area contributed by atoms with Crippen LogP contribution in [0.2, 0.25) is 0 Å². The fourth-order valence-electron chi connectivity index (χ4n) is 4.07. The van der Waals surface area contributed by atoms with Gasteiger partial charge in [0.15, 0.2) is 0 Å². The van der Waals surface area contributed by atoms with Gasteiger partial charge in [-0.1, -0.05) is 29.7 Å². The largest absolute Gasteiger partial charge is 0.404 e. The van der Waals surface area contributed by atoms with Gasteiger partial charge < -0.3 is 10.5 Å². The number of halogens is 1. The van der Waals surface area contributed by atoms with Crippen LogP contribution in [0.5, 0.6) is 0 Å². The molecular weight excluding hydrogens is 423 g/mol. The molecule has 4 rings (SSSR count). The maximum Gasteiger partial charge on any atom is 0.131 e. The SMILES string of the molecule is N#Cc1ccc(CSN2CCC3=CC(=Nc4ccc(F)cc4)C(=CN)CC3(C=O)C2)cc1. The van der Waals surface area contributed by atoms with E-state index in [1.165, 1.54) is 18.3 Å². The lowest BCUT2D eigenvalue weighted by Crippen LogP contribution is -2.45. The van der Waals surface area contributed by atoms with Crippen LogP contribution in [0, 0.1) is 22.6 Å². The lowest BCUT2D eigenvalue weighted by molar-refractivity contribution is -0.115. The summed E-state index contributed by atoms with van der Waals surface area (Å²) in [5.41, 5.74) is 10.3. The van der Waals surface area contributed by atoms with E-state index in [-0.39, 0.29) is 5.82 Å². The first-order valence-corrected chi connectivity index (χ1v) is 11.3. The number of aliphatic imine (C=N–C) groups is 1. The van der Waals surface area contributed by atoms with Crippen LogP contribution in [-0.2, 0) is 10.5 Å².